The topological polar surface area (TPSA) is 34.0 Å². The predicted molar refractivity (Wildman–Crippen MR) is 217 cm³/mol. The van der Waals surface area contributed by atoms with Gasteiger partial charge in [0.2, 0.25) is 0 Å². The number of hydrogen-bond acceptors (Lipinski definition) is 3. The molecule has 0 saturated heterocycles. The van der Waals surface area contributed by atoms with Crippen molar-refractivity contribution in [3.63, 3.8) is 0 Å². The van der Waals surface area contributed by atoms with Crippen LogP contribution in [0.1, 0.15) is 0 Å². The van der Waals surface area contributed by atoms with Gasteiger partial charge >= 0.3 is 0 Å². The third kappa shape index (κ3) is 4.92. The molecule has 2 aromatic heterocycles. The van der Waals surface area contributed by atoms with Crippen molar-refractivity contribution in [1.29, 1.82) is 0 Å². The summed E-state index contributed by atoms with van der Waals surface area (Å²) in [5.74, 6) is 0.697. The molecular weight excluding hydrogens is 633 g/mol. The second-order valence-corrected chi connectivity index (χ2v) is 13.1. The average molecular weight is 665 g/mol. The maximum absolute atomic E-state index is 4.88. The third-order valence-corrected chi connectivity index (χ3v) is 10.1. The van der Waals surface area contributed by atoms with Gasteiger partial charge in [-0.05, 0) is 46.7 Å². The smallest absolute Gasteiger partial charge is 0.159 e. The van der Waals surface area contributed by atoms with Gasteiger partial charge in [-0.15, -0.1) is 0 Å². The Balaban J connectivity index is 1.20. The maximum atomic E-state index is 4.88. The first-order valence-corrected chi connectivity index (χ1v) is 17.6. The molecule has 0 fully saturated rings. The van der Waals surface area contributed by atoms with Gasteiger partial charge in [-0.25, -0.2) is 9.97 Å². The van der Waals surface area contributed by atoms with Crippen molar-refractivity contribution in [1.82, 2.24) is 14.5 Å². The fourth-order valence-electron chi connectivity index (χ4n) is 7.70. The largest absolute Gasteiger partial charge is 0.309 e. The lowest BCUT2D eigenvalue weighted by Gasteiger charge is -2.28. The van der Waals surface area contributed by atoms with Crippen LogP contribution < -0.4 is 4.90 Å². The van der Waals surface area contributed by atoms with Crippen LogP contribution in [0.2, 0.25) is 0 Å². The van der Waals surface area contributed by atoms with Gasteiger partial charge in [0.25, 0.3) is 0 Å². The van der Waals surface area contributed by atoms with Gasteiger partial charge in [0.05, 0.1) is 46.2 Å². The van der Waals surface area contributed by atoms with E-state index >= 15 is 0 Å². The Bertz CT molecular complexity index is 2900. The van der Waals surface area contributed by atoms with Crippen molar-refractivity contribution in [3.8, 4) is 28.2 Å². The van der Waals surface area contributed by atoms with E-state index in [0.717, 1.165) is 44.7 Å². The quantitative estimate of drug-likeness (QED) is 0.177. The Kier molecular flexibility index (Phi) is 7.10. The Morgan fingerprint density at radius 1 is 0.404 bits per heavy atom. The number of fused-ring (bicyclic) bond motifs is 5. The van der Waals surface area contributed by atoms with Crippen molar-refractivity contribution >= 4 is 60.4 Å². The highest BCUT2D eigenvalue weighted by Gasteiger charge is 2.21. The molecule has 10 rings (SSSR count). The molecule has 4 heteroatoms. The van der Waals surface area contributed by atoms with Crippen LogP contribution in [0.4, 0.5) is 17.1 Å². The number of anilines is 3. The average Bonchev–Trinajstić information content (AvgIpc) is 3.55. The van der Waals surface area contributed by atoms with Crippen LogP contribution in [0.5, 0.6) is 0 Å². The molecule has 0 bridgehead atoms. The molecule has 0 saturated carbocycles. The van der Waals surface area contributed by atoms with Gasteiger partial charge < -0.3 is 9.47 Å². The van der Waals surface area contributed by atoms with E-state index < -0.39 is 0 Å². The van der Waals surface area contributed by atoms with E-state index in [1.54, 1.807) is 0 Å². The van der Waals surface area contributed by atoms with Gasteiger partial charge in [-0.2, -0.15) is 0 Å². The summed E-state index contributed by atoms with van der Waals surface area (Å²) in [6.45, 7) is 0. The molecule has 8 aromatic carbocycles. The summed E-state index contributed by atoms with van der Waals surface area (Å²) in [5.41, 5.74) is 9.73. The lowest BCUT2D eigenvalue weighted by atomic mass is 9.99. The number of hydrogen-bond donors (Lipinski definition) is 0. The highest BCUT2D eigenvalue weighted by molar-refractivity contribution is 6.12. The monoisotopic (exact) mass is 664 g/mol. The normalized spacial score (nSPS) is 11.5. The second-order valence-electron chi connectivity index (χ2n) is 13.1. The van der Waals surface area contributed by atoms with Crippen LogP contribution >= 0.6 is 0 Å². The molecule has 0 radical (unpaired) electrons. The molecular formula is C48H32N4. The van der Waals surface area contributed by atoms with E-state index in [-0.39, 0.29) is 0 Å². The first-order valence-electron chi connectivity index (χ1n) is 17.6. The molecule has 0 aliphatic heterocycles. The van der Waals surface area contributed by atoms with Gasteiger partial charge in [0.1, 0.15) is 0 Å². The Hall–Kier alpha value is -7.04. The SMILES string of the molecule is c1ccc(-c2ncc(N(c3ccccc3-c3ccc4c5ccccc5n(-c5cccc6ccccc56)c4c3)c3cccc4ccccc34)cn2)cc1. The highest BCUT2D eigenvalue weighted by atomic mass is 15.2. The van der Waals surface area contributed by atoms with Crippen LogP contribution in [0.15, 0.2) is 194 Å². The summed E-state index contributed by atoms with van der Waals surface area (Å²) in [7, 11) is 0. The molecule has 0 unspecified atom stereocenters. The fraction of sp³-hybridized carbons (Fsp3) is 0. The van der Waals surface area contributed by atoms with Crippen LogP contribution in [0, 0.1) is 0 Å². The van der Waals surface area contributed by atoms with Gasteiger partial charge in [-0.1, -0.05) is 152 Å². The number of nitrogens with zero attached hydrogens (tertiary/aromatic N) is 4. The molecule has 4 nitrogen and oxygen atoms in total. The third-order valence-electron chi connectivity index (χ3n) is 10.1. The minimum Gasteiger partial charge on any atom is -0.309 e. The minimum atomic E-state index is 0.697. The molecule has 0 amide bonds. The summed E-state index contributed by atoms with van der Waals surface area (Å²) in [4.78, 5) is 12.1. The molecule has 0 atom stereocenters. The van der Waals surface area contributed by atoms with E-state index in [1.807, 2.05) is 42.7 Å². The van der Waals surface area contributed by atoms with Crippen molar-refractivity contribution in [2.24, 2.45) is 0 Å². The predicted octanol–water partition coefficient (Wildman–Crippen LogP) is 12.7. The second kappa shape index (κ2) is 12.4. The first-order chi connectivity index (χ1) is 25.8. The molecule has 0 aliphatic rings. The summed E-state index contributed by atoms with van der Waals surface area (Å²) in [6, 6.07) is 64.6. The zero-order valence-electron chi connectivity index (χ0n) is 28.3. The number of aromatic nitrogens is 3. The number of benzene rings is 8. The van der Waals surface area contributed by atoms with Crippen molar-refractivity contribution in [2.75, 3.05) is 4.90 Å². The van der Waals surface area contributed by atoms with Crippen molar-refractivity contribution in [3.05, 3.63) is 194 Å². The van der Waals surface area contributed by atoms with Crippen molar-refractivity contribution < 1.29 is 0 Å². The van der Waals surface area contributed by atoms with Crippen LogP contribution in [0.3, 0.4) is 0 Å². The Labute approximate surface area is 301 Å². The number of para-hydroxylation sites is 2. The van der Waals surface area contributed by atoms with Gasteiger partial charge in [-0.3, -0.25) is 0 Å². The zero-order chi connectivity index (χ0) is 34.4. The molecule has 244 valence electrons. The Morgan fingerprint density at radius 2 is 1.00 bits per heavy atom. The molecule has 0 N–H and O–H groups in total. The summed E-state index contributed by atoms with van der Waals surface area (Å²) >= 11 is 0. The summed E-state index contributed by atoms with van der Waals surface area (Å²) in [5, 5.41) is 7.22. The van der Waals surface area contributed by atoms with E-state index in [0.29, 0.717) is 5.82 Å². The van der Waals surface area contributed by atoms with Gasteiger partial charge in [0.15, 0.2) is 5.82 Å². The minimum absolute atomic E-state index is 0.697. The molecule has 0 aliphatic carbocycles. The van der Waals surface area contributed by atoms with Crippen LogP contribution in [0.25, 0.3) is 71.6 Å². The van der Waals surface area contributed by atoms with E-state index in [1.165, 1.54) is 38.1 Å². The molecule has 0 spiro atoms. The zero-order valence-corrected chi connectivity index (χ0v) is 28.3. The van der Waals surface area contributed by atoms with E-state index in [2.05, 4.69) is 161 Å². The van der Waals surface area contributed by atoms with Crippen molar-refractivity contribution in [2.45, 2.75) is 0 Å². The Morgan fingerprint density at radius 3 is 1.83 bits per heavy atom. The summed E-state index contributed by atoms with van der Waals surface area (Å²) < 4.78 is 2.43. The van der Waals surface area contributed by atoms with E-state index in [4.69, 9.17) is 9.97 Å². The molecule has 2 heterocycles. The molecule has 52 heavy (non-hydrogen) atoms. The van der Waals surface area contributed by atoms with E-state index in [9.17, 15) is 0 Å². The van der Waals surface area contributed by atoms with Crippen LogP contribution in [-0.4, -0.2) is 14.5 Å². The highest BCUT2D eigenvalue weighted by Crippen LogP contribution is 2.44. The van der Waals surface area contributed by atoms with Gasteiger partial charge in [0, 0.05) is 32.7 Å². The lowest BCUT2D eigenvalue weighted by molar-refractivity contribution is 1.14. The number of rotatable bonds is 6. The summed E-state index contributed by atoms with van der Waals surface area (Å²) in [6.07, 6.45) is 3.88. The fourth-order valence-corrected chi connectivity index (χ4v) is 7.70. The van der Waals surface area contributed by atoms with Crippen LogP contribution in [-0.2, 0) is 0 Å². The molecule has 10 aromatic rings. The standard InChI is InChI=1S/C48H32N4/c1-2-16-35(17-3-1)48-49-31-37(32-50-48)51(44-26-12-18-33-14-4-6-20-38(33)44)43-24-10-8-22-40(43)36-28-29-42-41-23-9-11-25-46(41)52(47(42)30-36)45-27-13-19-34-15-5-7-21-39(34)45/h1-32H. The first kappa shape index (κ1) is 29.8. The lowest BCUT2D eigenvalue weighted by Crippen LogP contribution is -2.12. The maximum Gasteiger partial charge on any atom is 0.159 e.